The van der Waals surface area contributed by atoms with Gasteiger partial charge in [-0.2, -0.15) is 0 Å². The predicted molar refractivity (Wildman–Crippen MR) is 93.4 cm³/mol. The summed E-state index contributed by atoms with van der Waals surface area (Å²) in [6.07, 6.45) is 3.26. The van der Waals surface area contributed by atoms with Gasteiger partial charge in [0.25, 0.3) is 0 Å². The van der Waals surface area contributed by atoms with E-state index in [1.807, 2.05) is 29.2 Å². The number of nitrogens with zero attached hydrogens (tertiary/aromatic N) is 2. The van der Waals surface area contributed by atoms with Crippen LogP contribution in [-0.2, 0) is 9.47 Å². The van der Waals surface area contributed by atoms with Crippen molar-refractivity contribution in [2.45, 2.75) is 25.4 Å². The second-order valence-electron chi connectivity index (χ2n) is 6.37. The Bertz CT molecular complexity index is 532. The highest BCUT2D eigenvalue weighted by atomic mass is 35.5. The fourth-order valence-electron chi connectivity index (χ4n) is 3.21. The molecule has 1 aromatic rings. The Kier molecular flexibility index (Phi) is 6.35. The Morgan fingerprint density at radius 2 is 1.92 bits per heavy atom. The Hall–Kier alpha value is -1.30. The van der Waals surface area contributed by atoms with E-state index in [9.17, 15) is 4.79 Å². The second kappa shape index (κ2) is 8.70. The lowest BCUT2D eigenvalue weighted by atomic mass is 10.1. The molecule has 6 heteroatoms. The number of likely N-dealkylation sites (tertiary alicyclic amines) is 1. The number of rotatable bonds is 4. The lowest BCUT2D eigenvalue weighted by Crippen LogP contribution is -2.41. The molecule has 5 nitrogen and oxygen atoms in total. The van der Waals surface area contributed by atoms with Crippen molar-refractivity contribution >= 4 is 17.7 Å². The molecule has 24 heavy (non-hydrogen) atoms. The summed E-state index contributed by atoms with van der Waals surface area (Å²) in [5, 5.41) is 0.732. The summed E-state index contributed by atoms with van der Waals surface area (Å²) in [6.45, 7) is 5.20. The molecule has 0 saturated carbocycles. The molecule has 2 aliphatic rings. The van der Waals surface area contributed by atoms with E-state index in [1.165, 1.54) is 6.42 Å². The average molecular weight is 353 g/mol. The van der Waals surface area contributed by atoms with Crippen LogP contribution in [0.5, 0.6) is 0 Å². The Morgan fingerprint density at radius 3 is 2.67 bits per heavy atom. The van der Waals surface area contributed by atoms with Crippen LogP contribution in [0.25, 0.3) is 0 Å². The molecule has 0 bridgehead atoms. The first-order valence-electron chi connectivity index (χ1n) is 8.73. The third-order valence-electron chi connectivity index (χ3n) is 4.64. The Labute approximate surface area is 148 Å². The molecule has 2 aliphatic heterocycles. The van der Waals surface area contributed by atoms with E-state index in [-0.39, 0.29) is 12.2 Å². The third kappa shape index (κ3) is 4.85. The van der Waals surface area contributed by atoms with Crippen LogP contribution in [-0.4, -0.2) is 61.8 Å². The van der Waals surface area contributed by atoms with Crippen LogP contribution in [0, 0.1) is 0 Å². The van der Waals surface area contributed by atoms with Crippen LogP contribution in [0.1, 0.15) is 30.9 Å². The molecule has 2 fully saturated rings. The summed E-state index contributed by atoms with van der Waals surface area (Å²) in [7, 11) is 0. The standard InChI is InChI=1S/C18H25ClN2O3/c19-16-6-4-15(5-7-16)17-14-20(10-12-23-17)11-13-24-18(22)21-8-2-1-3-9-21/h4-7,17H,1-3,8-14H2/t17-/m0/s1. The molecule has 3 rings (SSSR count). The highest BCUT2D eigenvalue weighted by molar-refractivity contribution is 6.30. The third-order valence-corrected chi connectivity index (χ3v) is 4.89. The van der Waals surface area contributed by atoms with Gasteiger partial charge in [-0.25, -0.2) is 4.79 Å². The van der Waals surface area contributed by atoms with Crippen LogP contribution >= 0.6 is 11.6 Å². The molecule has 0 radical (unpaired) electrons. The van der Waals surface area contributed by atoms with Gasteiger partial charge in [-0.1, -0.05) is 23.7 Å². The summed E-state index contributed by atoms with van der Waals surface area (Å²) in [5.74, 6) is 0. The van der Waals surface area contributed by atoms with E-state index in [2.05, 4.69) is 4.90 Å². The lowest BCUT2D eigenvalue weighted by Gasteiger charge is -2.33. The number of piperidine rings is 1. The molecule has 0 N–H and O–H groups in total. The van der Waals surface area contributed by atoms with E-state index in [0.29, 0.717) is 13.2 Å². The van der Waals surface area contributed by atoms with E-state index >= 15 is 0 Å². The first kappa shape index (κ1) is 17.5. The van der Waals surface area contributed by atoms with Crippen molar-refractivity contribution in [3.8, 4) is 0 Å². The van der Waals surface area contributed by atoms with Crippen LogP contribution in [0.4, 0.5) is 4.79 Å². The maximum atomic E-state index is 12.0. The van der Waals surface area contributed by atoms with Crippen molar-refractivity contribution in [1.29, 1.82) is 0 Å². The topological polar surface area (TPSA) is 42.0 Å². The Balaban J connectivity index is 1.42. The number of amides is 1. The van der Waals surface area contributed by atoms with E-state index in [4.69, 9.17) is 21.1 Å². The summed E-state index contributed by atoms with van der Waals surface area (Å²) in [4.78, 5) is 16.1. The highest BCUT2D eigenvalue weighted by Gasteiger charge is 2.23. The van der Waals surface area contributed by atoms with Gasteiger partial charge in [-0.05, 0) is 37.0 Å². The molecule has 132 valence electrons. The smallest absolute Gasteiger partial charge is 0.409 e. The van der Waals surface area contributed by atoms with Crippen LogP contribution in [0.3, 0.4) is 0 Å². The number of benzene rings is 1. The fraction of sp³-hybridized carbons (Fsp3) is 0.611. The summed E-state index contributed by atoms with van der Waals surface area (Å²) < 4.78 is 11.3. The van der Waals surface area contributed by atoms with Crippen molar-refractivity contribution in [2.75, 3.05) is 45.9 Å². The number of hydrogen-bond donors (Lipinski definition) is 0. The number of ether oxygens (including phenoxy) is 2. The molecule has 1 amide bonds. The quantitative estimate of drug-likeness (QED) is 0.833. The van der Waals surface area contributed by atoms with Crippen molar-refractivity contribution < 1.29 is 14.3 Å². The fourth-order valence-corrected chi connectivity index (χ4v) is 3.34. The zero-order chi connectivity index (χ0) is 16.8. The van der Waals surface area contributed by atoms with Crippen molar-refractivity contribution in [3.05, 3.63) is 34.9 Å². The number of carbonyl (C=O) groups excluding carboxylic acids is 1. The van der Waals surface area contributed by atoms with Gasteiger partial charge >= 0.3 is 6.09 Å². The number of hydrogen-bond acceptors (Lipinski definition) is 4. The zero-order valence-electron chi connectivity index (χ0n) is 14.0. The van der Waals surface area contributed by atoms with Gasteiger partial charge in [0.1, 0.15) is 6.61 Å². The minimum atomic E-state index is -0.169. The second-order valence-corrected chi connectivity index (χ2v) is 6.81. The lowest BCUT2D eigenvalue weighted by molar-refractivity contribution is -0.0353. The minimum Gasteiger partial charge on any atom is -0.448 e. The van der Waals surface area contributed by atoms with Crippen molar-refractivity contribution in [2.24, 2.45) is 0 Å². The van der Waals surface area contributed by atoms with Gasteiger partial charge in [0.2, 0.25) is 0 Å². The van der Waals surface area contributed by atoms with Gasteiger partial charge in [0.15, 0.2) is 0 Å². The van der Waals surface area contributed by atoms with Crippen LogP contribution < -0.4 is 0 Å². The minimum absolute atomic E-state index is 0.0498. The monoisotopic (exact) mass is 352 g/mol. The molecule has 2 heterocycles. The molecule has 1 aromatic carbocycles. The maximum Gasteiger partial charge on any atom is 0.409 e. The van der Waals surface area contributed by atoms with Crippen molar-refractivity contribution in [3.63, 3.8) is 0 Å². The predicted octanol–water partition coefficient (Wildman–Crippen LogP) is 3.34. The van der Waals surface area contributed by atoms with Gasteiger partial charge in [0, 0.05) is 37.7 Å². The molecular weight excluding hydrogens is 328 g/mol. The van der Waals surface area contributed by atoms with Crippen LogP contribution in [0.2, 0.25) is 5.02 Å². The average Bonchev–Trinajstić information content (AvgIpc) is 2.63. The van der Waals surface area contributed by atoms with E-state index in [0.717, 1.165) is 56.2 Å². The van der Waals surface area contributed by atoms with Crippen molar-refractivity contribution in [1.82, 2.24) is 9.80 Å². The molecular formula is C18H25ClN2O3. The van der Waals surface area contributed by atoms with Gasteiger partial charge < -0.3 is 14.4 Å². The SMILES string of the molecule is O=C(OCCN1CCO[C@H](c2ccc(Cl)cc2)C1)N1CCCCC1. The maximum absolute atomic E-state index is 12.0. The van der Waals surface area contributed by atoms with Gasteiger partial charge in [-0.15, -0.1) is 0 Å². The van der Waals surface area contributed by atoms with Crippen LogP contribution in [0.15, 0.2) is 24.3 Å². The zero-order valence-corrected chi connectivity index (χ0v) is 14.7. The van der Waals surface area contributed by atoms with Gasteiger partial charge in [-0.3, -0.25) is 4.90 Å². The first-order valence-corrected chi connectivity index (χ1v) is 9.11. The molecule has 0 aliphatic carbocycles. The summed E-state index contributed by atoms with van der Waals surface area (Å²) in [6, 6.07) is 7.79. The highest BCUT2D eigenvalue weighted by Crippen LogP contribution is 2.23. The summed E-state index contributed by atoms with van der Waals surface area (Å²) in [5.41, 5.74) is 1.13. The molecule has 0 unspecified atom stereocenters. The van der Waals surface area contributed by atoms with E-state index < -0.39 is 0 Å². The van der Waals surface area contributed by atoms with E-state index in [1.54, 1.807) is 0 Å². The number of carbonyl (C=O) groups is 1. The molecule has 2 saturated heterocycles. The molecule has 0 spiro atoms. The molecule has 0 aromatic heterocycles. The number of halogens is 1. The first-order chi connectivity index (χ1) is 11.7. The number of morpholine rings is 1. The normalized spacial score (nSPS) is 22.4. The van der Waals surface area contributed by atoms with Gasteiger partial charge in [0.05, 0.1) is 12.7 Å². The Morgan fingerprint density at radius 1 is 1.17 bits per heavy atom. The summed E-state index contributed by atoms with van der Waals surface area (Å²) >= 11 is 5.94. The largest absolute Gasteiger partial charge is 0.448 e. The molecule has 1 atom stereocenters.